The van der Waals surface area contributed by atoms with E-state index in [4.69, 9.17) is 9.84 Å². The number of carbonyl (C=O) groups is 3. The van der Waals surface area contributed by atoms with Crippen LogP contribution in [0.2, 0.25) is 0 Å². The first-order valence-corrected chi connectivity index (χ1v) is 7.16. The summed E-state index contributed by atoms with van der Waals surface area (Å²) in [5.41, 5.74) is -0.548. The Bertz CT molecular complexity index is 582. The molecule has 1 aromatic carbocycles. The number of esters is 1. The third kappa shape index (κ3) is 5.71. The minimum Gasteiger partial charge on any atom is -0.461 e. The van der Waals surface area contributed by atoms with Crippen molar-refractivity contribution in [2.24, 2.45) is 5.41 Å². The first-order chi connectivity index (χ1) is 10.8. The number of carbonyl (C=O) groups excluding carboxylic acids is 3. The van der Waals surface area contributed by atoms with Crippen molar-refractivity contribution >= 4 is 18.0 Å². The molecule has 7 nitrogen and oxygen atoms in total. The van der Waals surface area contributed by atoms with E-state index >= 15 is 0 Å². The van der Waals surface area contributed by atoms with E-state index in [2.05, 4.69) is 4.74 Å². The van der Waals surface area contributed by atoms with E-state index in [0.717, 1.165) is 0 Å². The van der Waals surface area contributed by atoms with Gasteiger partial charge in [0.15, 0.2) is 0 Å². The second-order valence-electron chi connectivity index (χ2n) is 5.62. The highest BCUT2D eigenvalue weighted by Gasteiger charge is 2.23. The third-order valence-electron chi connectivity index (χ3n) is 2.90. The number of alkyl carbamates (subject to hydrolysis) is 1. The Morgan fingerprint density at radius 2 is 1.74 bits per heavy atom. The quantitative estimate of drug-likeness (QED) is 0.773. The monoisotopic (exact) mass is 323 g/mol. The Morgan fingerprint density at radius 3 is 2.30 bits per heavy atom. The predicted molar refractivity (Wildman–Crippen MR) is 82.1 cm³/mol. The van der Waals surface area contributed by atoms with E-state index in [1.54, 1.807) is 32.9 Å². The molecule has 2 N–H and O–H groups in total. The van der Waals surface area contributed by atoms with Crippen LogP contribution in [0.25, 0.3) is 0 Å². The molecule has 0 spiro atoms. The molecular weight excluding hydrogens is 302 g/mol. The van der Waals surface area contributed by atoms with Gasteiger partial charge in [-0.3, -0.25) is 10.1 Å². The number of imide groups is 1. The number of aliphatic hydroxyl groups excluding tert-OH is 1. The van der Waals surface area contributed by atoms with Gasteiger partial charge in [-0.05, 0) is 19.1 Å². The number of rotatable bonds is 6. The fourth-order valence-corrected chi connectivity index (χ4v) is 1.57. The summed E-state index contributed by atoms with van der Waals surface area (Å²) in [4.78, 5) is 35.5. The fourth-order valence-electron chi connectivity index (χ4n) is 1.57. The largest absolute Gasteiger partial charge is 0.461 e. The molecule has 0 atom stereocenters. The summed E-state index contributed by atoms with van der Waals surface area (Å²) in [5.74, 6) is -1.46. The lowest BCUT2D eigenvalue weighted by atomic mass is 9.96. The van der Waals surface area contributed by atoms with Crippen LogP contribution < -0.4 is 5.32 Å². The molecule has 0 aliphatic heterocycles. The molecule has 0 fully saturated rings. The molecule has 0 aliphatic carbocycles. The normalized spacial score (nSPS) is 10.8. The Balaban J connectivity index is 2.86. The van der Waals surface area contributed by atoms with Gasteiger partial charge in [-0.1, -0.05) is 26.0 Å². The van der Waals surface area contributed by atoms with Gasteiger partial charge < -0.3 is 14.6 Å². The topological polar surface area (TPSA) is 102 Å². The lowest BCUT2D eigenvalue weighted by Crippen LogP contribution is -2.32. The van der Waals surface area contributed by atoms with Crippen LogP contribution in [-0.4, -0.2) is 42.9 Å². The van der Waals surface area contributed by atoms with Crippen molar-refractivity contribution in [3.05, 3.63) is 35.4 Å². The third-order valence-corrected chi connectivity index (χ3v) is 2.90. The summed E-state index contributed by atoms with van der Waals surface area (Å²) < 4.78 is 9.76. The van der Waals surface area contributed by atoms with Crippen LogP contribution >= 0.6 is 0 Å². The number of benzene rings is 1. The minimum atomic E-state index is -0.887. The number of hydrogen-bond acceptors (Lipinski definition) is 6. The zero-order valence-electron chi connectivity index (χ0n) is 13.4. The highest BCUT2D eigenvalue weighted by molar-refractivity contribution is 6.09. The van der Waals surface area contributed by atoms with Crippen LogP contribution in [0.4, 0.5) is 4.79 Å². The number of amides is 2. The Labute approximate surface area is 134 Å². The molecule has 1 aromatic rings. The molecule has 0 radical (unpaired) electrons. The molecule has 2 amide bonds. The van der Waals surface area contributed by atoms with Crippen LogP contribution in [-0.2, 0) is 9.47 Å². The first-order valence-electron chi connectivity index (χ1n) is 7.16. The Kier molecular flexibility index (Phi) is 6.71. The standard InChI is InChI=1S/C16H21NO6/c1-4-22-15(21)17-13(19)11-7-5-6-8-12(11)14(20)23-10-16(2,3)9-18/h5-8,18H,4,9-10H2,1-3H3,(H,17,19,21). The molecule has 0 saturated heterocycles. The zero-order valence-corrected chi connectivity index (χ0v) is 13.4. The highest BCUT2D eigenvalue weighted by Crippen LogP contribution is 2.16. The van der Waals surface area contributed by atoms with Crippen LogP contribution in [0.5, 0.6) is 0 Å². The predicted octanol–water partition coefficient (Wildman–Crippen LogP) is 1.75. The van der Waals surface area contributed by atoms with Crippen LogP contribution in [0, 0.1) is 5.41 Å². The van der Waals surface area contributed by atoms with Gasteiger partial charge in [0.1, 0.15) is 0 Å². The average Bonchev–Trinajstić information content (AvgIpc) is 2.53. The van der Waals surface area contributed by atoms with Crippen molar-refractivity contribution < 1.29 is 29.0 Å². The molecular formula is C16H21NO6. The van der Waals surface area contributed by atoms with Crippen LogP contribution in [0.1, 0.15) is 41.5 Å². The Morgan fingerprint density at radius 1 is 1.13 bits per heavy atom. The van der Waals surface area contributed by atoms with E-state index in [9.17, 15) is 14.4 Å². The summed E-state index contributed by atoms with van der Waals surface area (Å²) in [6.45, 7) is 5.05. The van der Waals surface area contributed by atoms with Gasteiger partial charge in [-0.15, -0.1) is 0 Å². The molecule has 7 heteroatoms. The van der Waals surface area contributed by atoms with Gasteiger partial charge >= 0.3 is 12.1 Å². The zero-order chi connectivity index (χ0) is 17.5. The van der Waals surface area contributed by atoms with Crippen molar-refractivity contribution in [2.75, 3.05) is 19.8 Å². The first kappa shape index (κ1) is 18.6. The smallest absolute Gasteiger partial charge is 0.414 e. The summed E-state index contributed by atoms with van der Waals surface area (Å²) >= 11 is 0. The van der Waals surface area contributed by atoms with Crippen LogP contribution in [0.15, 0.2) is 24.3 Å². The minimum absolute atomic E-state index is 0.00381. The average molecular weight is 323 g/mol. The van der Waals surface area contributed by atoms with Crippen molar-refractivity contribution in [3.63, 3.8) is 0 Å². The second-order valence-corrected chi connectivity index (χ2v) is 5.62. The fraction of sp³-hybridized carbons (Fsp3) is 0.438. The summed E-state index contributed by atoms with van der Waals surface area (Å²) in [7, 11) is 0. The summed E-state index contributed by atoms with van der Waals surface area (Å²) in [5, 5.41) is 11.2. The van der Waals surface area contributed by atoms with E-state index < -0.39 is 23.4 Å². The lowest BCUT2D eigenvalue weighted by molar-refractivity contribution is 0.0216. The summed E-state index contributed by atoms with van der Waals surface area (Å²) in [6, 6.07) is 5.97. The van der Waals surface area contributed by atoms with Crippen molar-refractivity contribution in [1.82, 2.24) is 5.32 Å². The SMILES string of the molecule is CCOC(=O)NC(=O)c1ccccc1C(=O)OCC(C)(C)CO. The van der Waals surface area contributed by atoms with Gasteiger partial charge in [0.25, 0.3) is 5.91 Å². The van der Waals surface area contributed by atoms with Gasteiger partial charge in [0.05, 0.1) is 30.9 Å². The van der Waals surface area contributed by atoms with Crippen molar-refractivity contribution in [3.8, 4) is 0 Å². The number of nitrogens with one attached hydrogen (secondary N) is 1. The molecule has 0 aliphatic rings. The maximum absolute atomic E-state index is 12.1. The highest BCUT2D eigenvalue weighted by atomic mass is 16.5. The van der Waals surface area contributed by atoms with Gasteiger partial charge in [-0.2, -0.15) is 0 Å². The van der Waals surface area contributed by atoms with Crippen LogP contribution in [0.3, 0.4) is 0 Å². The molecule has 0 aromatic heterocycles. The van der Waals surface area contributed by atoms with E-state index in [1.807, 2.05) is 5.32 Å². The number of aliphatic hydroxyl groups is 1. The molecule has 126 valence electrons. The Hall–Kier alpha value is -2.41. The van der Waals surface area contributed by atoms with Crippen molar-refractivity contribution in [1.29, 1.82) is 0 Å². The molecule has 0 unspecified atom stereocenters. The van der Waals surface area contributed by atoms with E-state index in [1.165, 1.54) is 12.1 Å². The van der Waals surface area contributed by atoms with E-state index in [0.29, 0.717) is 0 Å². The number of ether oxygens (including phenoxy) is 2. The maximum Gasteiger partial charge on any atom is 0.414 e. The van der Waals surface area contributed by atoms with Gasteiger partial charge in [0.2, 0.25) is 0 Å². The van der Waals surface area contributed by atoms with Gasteiger partial charge in [0, 0.05) is 5.41 Å². The molecule has 0 bridgehead atoms. The van der Waals surface area contributed by atoms with Gasteiger partial charge in [-0.25, -0.2) is 9.59 Å². The second kappa shape index (κ2) is 8.28. The molecule has 1 rings (SSSR count). The lowest BCUT2D eigenvalue weighted by Gasteiger charge is -2.21. The van der Waals surface area contributed by atoms with E-state index in [-0.39, 0.29) is 30.9 Å². The molecule has 23 heavy (non-hydrogen) atoms. The molecule has 0 heterocycles. The number of hydrogen-bond donors (Lipinski definition) is 2. The molecule has 0 saturated carbocycles. The summed E-state index contributed by atoms with van der Waals surface area (Å²) in [6.07, 6.45) is -0.887. The van der Waals surface area contributed by atoms with Crippen molar-refractivity contribution in [2.45, 2.75) is 20.8 Å². The maximum atomic E-state index is 12.1.